The molecule has 0 unspecified atom stereocenters. The zero-order valence-corrected chi connectivity index (χ0v) is 14.1. The molecule has 0 saturated carbocycles. The molecule has 0 atom stereocenters. The molecule has 0 saturated heterocycles. The van der Waals surface area contributed by atoms with Gasteiger partial charge >= 0.3 is 0 Å². The van der Waals surface area contributed by atoms with Crippen molar-refractivity contribution >= 4 is 17.2 Å². The highest BCUT2D eigenvalue weighted by Crippen LogP contribution is 2.16. The van der Waals surface area contributed by atoms with Gasteiger partial charge in [-0.1, -0.05) is 32.0 Å². The molecule has 0 aliphatic rings. The first-order valence-corrected chi connectivity index (χ1v) is 8.29. The fraction of sp³-hybridized carbons (Fsp3) is 0.412. The number of aromatic nitrogens is 1. The van der Waals surface area contributed by atoms with Crippen LogP contribution in [0.4, 0.5) is 0 Å². The minimum Gasteiger partial charge on any atom is -0.486 e. The predicted octanol–water partition coefficient (Wildman–Crippen LogP) is 3.73. The Bertz CT molecular complexity index is 596. The number of hydrogen-bond donors (Lipinski definition) is 0. The van der Waals surface area contributed by atoms with Crippen molar-refractivity contribution in [1.82, 2.24) is 9.88 Å². The van der Waals surface area contributed by atoms with Crippen molar-refractivity contribution in [1.29, 1.82) is 0 Å². The highest BCUT2D eigenvalue weighted by atomic mass is 32.1. The molecule has 0 aliphatic heterocycles. The van der Waals surface area contributed by atoms with Crippen LogP contribution in [0.3, 0.4) is 0 Å². The van der Waals surface area contributed by atoms with Gasteiger partial charge < -0.3 is 9.64 Å². The molecule has 1 aromatic carbocycles. The molecule has 0 N–H and O–H groups in total. The van der Waals surface area contributed by atoms with E-state index in [4.69, 9.17) is 4.74 Å². The van der Waals surface area contributed by atoms with Crippen LogP contribution in [-0.4, -0.2) is 22.3 Å². The fourth-order valence-corrected chi connectivity index (χ4v) is 2.79. The Kier molecular flexibility index (Phi) is 5.95. The van der Waals surface area contributed by atoms with Crippen LogP contribution in [0.15, 0.2) is 35.7 Å². The number of amides is 1. The molecule has 2 rings (SSSR count). The molecule has 5 heteroatoms. The second kappa shape index (κ2) is 7.94. The molecular weight excluding hydrogens is 296 g/mol. The number of thiazole rings is 1. The summed E-state index contributed by atoms with van der Waals surface area (Å²) in [6, 6.07) is 9.70. The summed E-state index contributed by atoms with van der Waals surface area (Å²) in [6.45, 7) is 7.59. The monoisotopic (exact) mass is 318 g/mol. The van der Waals surface area contributed by atoms with Crippen LogP contribution in [-0.2, 0) is 17.9 Å². The lowest BCUT2D eigenvalue weighted by Crippen LogP contribution is -2.31. The highest BCUT2D eigenvalue weighted by Gasteiger charge is 2.13. The quantitative estimate of drug-likeness (QED) is 0.781. The Morgan fingerprint density at radius 2 is 2.05 bits per heavy atom. The summed E-state index contributed by atoms with van der Waals surface area (Å²) in [5, 5.41) is 2.92. The van der Waals surface area contributed by atoms with E-state index in [1.54, 1.807) is 18.3 Å². The van der Waals surface area contributed by atoms with E-state index in [1.807, 2.05) is 40.6 Å². The smallest absolute Gasteiger partial charge is 0.219 e. The summed E-state index contributed by atoms with van der Waals surface area (Å²) >= 11 is 1.57. The third-order valence-electron chi connectivity index (χ3n) is 3.09. The number of para-hydroxylation sites is 1. The second-order valence-corrected chi connectivity index (χ2v) is 6.57. The zero-order chi connectivity index (χ0) is 15.9. The van der Waals surface area contributed by atoms with Crippen molar-refractivity contribution in [3.63, 3.8) is 0 Å². The first-order valence-electron chi connectivity index (χ1n) is 7.41. The van der Waals surface area contributed by atoms with Crippen molar-refractivity contribution in [3.8, 4) is 5.75 Å². The molecule has 0 spiro atoms. The standard InChI is InChI=1S/C17H22N2O2S/c1-13(2)9-19(14(3)20)10-15-12-22-17(18-15)11-21-16-7-5-4-6-8-16/h4-8,12-13H,9-11H2,1-3H3. The number of benzene rings is 1. The lowest BCUT2D eigenvalue weighted by molar-refractivity contribution is -0.130. The van der Waals surface area contributed by atoms with Gasteiger partial charge in [-0.15, -0.1) is 11.3 Å². The molecule has 0 bridgehead atoms. The predicted molar refractivity (Wildman–Crippen MR) is 88.8 cm³/mol. The highest BCUT2D eigenvalue weighted by molar-refractivity contribution is 7.09. The maximum Gasteiger partial charge on any atom is 0.219 e. The molecule has 1 heterocycles. The maximum atomic E-state index is 11.7. The van der Waals surface area contributed by atoms with Crippen molar-refractivity contribution < 1.29 is 9.53 Å². The Hall–Kier alpha value is -1.88. The molecule has 1 amide bonds. The van der Waals surface area contributed by atoms with Crippen LogP contribution >= 0.6 is 11.3 Å². The van der Waals surface area contributed by atoms with Crippen molar-refractivity contribution in [3.05, 3.63) is 46.4 Å². The minimum atomic E-state index is 0.0868. The third-order valence-corrected chi connectivity index (χ3v) is 3.96. The molecule has 1 aromatic heterocycles. The third kappa shape index (κ3) is 5.15. The van der Waals surface area contributed by atoms with Crippen molar-refractivity contribution in [2.75, 3.05) is 6.54 Å². The molecule has 4 nitrogen and oxygen atoms in total. The van der Waals surface area contributed by atoms with Crippen molar-refractivity contribution in [2.45, 2.75) is 33.9 Å². The van der Waals surface area contributed by atoms with Gasteiger partial charge in [0.15, 0.2) is 0 Å². The summed E-state index contributed by atoms with van der Waals surface area (Å²) in [4.78, 5) is 18.1. The largest absolute Gasteiger partial charge is 0.486 e. The Morgan fingerprint density at radius 3 is 2.68 bits per heavy atom. The molecule has 22 heavy (non-hydrogen) atoms. The summed E-state index contributed by atoms with van der Waals surface area (Å²) < 4.78 is 5.69. The second-order valence-electron chi connectivity index (χ2n) is 5.63. The fourth-order valence-electron chi connectivity index (χ4n) is 2.09. The van der Waals surface area contributed by atoms with Crippen LogP contribution in [0.1, 0.15) is 31.5 Å². The number of hydrogen-bond acceptors (Lipinski definition) is 4. The summed E-state index contributed by atoms with van der Waals surface area (Å²) in [6.07, 6.45) is 0. The van der Waals surface area contributed by atoms with Crippen molar-refractivity contribution in [2.24, 2.45) is 5.92 Å². The minimum absolute atomic E-state index is 0.0868. The van der Waals surface area contributed by atoms with E-state index in [1.165, 1.54) is 0 Å². The normalized spacial score (nSPS) is 10.7. The molecule has 0 radical (unpaired) electrons. The van der Waals surface area contributed by atoms with E-state index in [0.29, 0.717) is 19.1 Å². The van der Waals surface area contributed by atoms with E-state index in [0.717, 1.165) is 23.0 Å². The van der Waals surface area contributed by atoms with Gasteiger partial charge in [0.2, 0.25) is 5.91 Å². The SMILES string of the molecule is CC(=O)N(Cc1csc(COc2ccccc2)n1)CC(C)C. The van der Waals surface area contributed by atoms with Crippen LogP contribution in [0.5, 0.6) is 5.75 Å². The topological polar surface area (TPSA) is 42.4 Å². The summed E-state index contributed by atoms with van der Waals surface area (Å²) in [5.41, 5.74) is 0.924. The molecule has 118 valence electrons. The van der Waals surface area contributed by atoms with Gasteiger partial charge in [0.25, 0.3) is 0 Å². The first-order chi connectivity index (χ1) is 10.5. The summed E-state index contributed by atoms with van der Waals surface area (Å²) in [7, 11) is 0. The Morgan fingerprint density at radius 1 is 1.32 bits per heavy atom. The molecule has 0 aliphatic carbocycles. The average Bonchev–Trinajstić information content (AvgIpc) is 2.92. The van der Waals surface area contributed by atoms with Crippen LogP contribution in [0.2, 0.25) is 0 Å². The number of carbonyl (C=O) groups excluding carboxylic acids is 1. The lowest BCUT2D eigenvalue weighted by atomic mass is 10.2. The lowest BCUT2D eigenvalue weighted by Gasteiger charge is -2.22. The average molecular weight is 318 g/mol. The number of nitrogens with zero attached hydrogens (tertiary/aromatic N) is 2. The number of carbonyl (C=O) groups is 1. The van der Waals surface area contributed by atoms with Gasteiger partial charge in [-0.25, -0.2) is 4.98 Å². The van der Waals surface area contributed by atoms with E-state index in [2.05, 4.69) is 18.8 Å². The number of ether oxygens (including phenoxy) is 1. The van der Waals surface area contributed by atoms with Gasteiger partial charge in [0, 0.05) is 18.8 Å². The maximum absolute atomic E-state index is 11.7. The zero-order valence-electron chi connectivity index (χ0n) is 13.3. The van der Waals surface area contributed by atoms with Crippen LogP contribution in [0, 0.1) is 5.92 Å². The Balaban J connectivity index is 1.91. The van der Waals surface area contributed by atoms with Gasteiger partial charge in [-0.2, -0.15) is 0 Å². The number of rotatable bonds is 7. The van der Waals surface area contributed by atoms with E-state index >= 15 is 0 Å². The Labute approximate surface area is 135 Å². The van der Waals surface area contributed by atoms with Gasteiger partial charge in [0.1, 0.15) is 17.4 Å². The summed E-state index contributed by atoms with van der Waals surface area (Å²) in [5.74, 6) is 1.37. The molecule has 0 fully saturated rings. The first kappa shape index (κ1) is 16.5. The van der Waals surface area contributed by atoms with Gasteiger partial charge in [0.05, 0.1) is 12.2 Å². The van der Waals surface area contributed by atoms with E-state index in [9.17, 15) is 4.79 Å². The van der Waals surface area contributed by atoms with Gasteiger partial charge in [-0.05, 0) is 18.1 Å². The van der Waals surface area contributed by atoms with Gasteiger partial charge in [-0.3, -0.25) is 4.79 Å². The molecular formula is C17H22N2O2S. The van der Waals surface area contributed by atoms with Crippen LogP contribution in [0.25, 0.3) is 0 Å². The molecule has 2 aromatic rings. The van der Waals surface area contributed by atoms with E-state index in [-0.39, 0.29) is 5.91 Å². The van der Waals surface area contributed by atoms with E-state index < -0.39 is 0 Å². The van der Waals surface area contributed by atoms with Crippen LogP contribution < -0.4 is 4.74 Å².